The van der Waals surface area contributed by atoms with Gasteiger partial charge in [-0.25, -0.2) is 0 Å². The molecule has 0 atom stereocenters. The fourth-order valence-corrected chi connectivity index (χ4v) is 2.80. The van der Waals surface area contributed by atoms with E-state index in [-0.39, 0.29) is 29.8 Å². The van der Waals surface area contributed by atoms with Gasteiger partial charge in [0, 0.05) is 6.42 Å². The highest BCUT2D eigenvalue weighted by Crippen LogP contribution is 2.35. The van der Waals surface area contributed by atoms with Gasteiger partial charge in [-0.1, -0.05) is 0 Å². The average molecular weight is 381 g/mol. The number of hydrogen-bond acceptors (Lipinski definition) is 3. The van der Waals surface area contributed by atoms with Crippen LogP contribution in [0, 0.1) is 5.92 Å². The third-order valence-electron chi connectivity index (χ3n) is 4.12. The molecule has 0 aliphatic carbocycles. The second-order valence-electron chi connectivity index (χ2n) is 5.92. The molecule has 2 rings (SSSR count). The third kappa shape index (κ3) is 6.74. The highest BCUT2D eigenvalue weighted by Gasteiger charge is 2.31. The molecule has 1 aromatic carbocycles. The van der Waals surface area contributed by atoms with Crippen molar-refractivity contribution in [1.29, 1.82) is 0 Å². The molecule has 0 aromatic heterocycles. The first-order valence-corrected chi connectivity index (χ1v) is 8.24. The van der Waals surface area contributed by atoms with Gasteiger partial charge in [-0.15, -0.1) is 12.4 Å². The van der Waals surface area contributed by atoms with E-state index in [1.54, 1.807) is 6.92 Å². The molecular weight excluding hydrogens is 357 g/mol. The average Bonchev–Trinajstić information content (AvgIpc) is 2.55. The molecule has 25 heavy (non-hydrogen) atoms. The van der Waals surface area contributed by atoms with Crippen LogP contribution in [0.15, 0.2) is 18.2 Å². The molecule has 142 valence electrons. The molecule has 1 aliphatic rings. The Morgan fingerprint density at radius 2 is 2.00 bits per heavy atom. The van der Waals surface area contributed by atoms with Gasteiger partial charge >= 0.3 is 6.18 Å². The molecule has 1 aromatic rings. The second kappa shape index (κ2) is 9.87. The van der Waals surface area contributed by atoms with E-state index in [1.165, 1.54) is 6.07 Å². The Bertz CT molecular complexity index is 561. The number of hydrogen-bond donors (Lipinski definition) is 2. The van der Waals surface area contributed by atoms with Crippen molar-refractivity contribution in [3.05, 3.63) is 23.8 Å². The Balaban J connectivity index is 0.00000312. The Morgan fingerprint density at radius 3 is 2.60 bits per heavy atom. The molecule has 4 nitrogen and oxygen atoms in total. The predicted molar refractivity (Wildman–Crippen MR) is 93.3 cm³/mol. The molecule has 1 heterocycles. The summed E-state index contributed by atoms with van der Waals surface area (Å²) in [5.74, 6) is 0.458. The van der Waals surface area contributed by atoms with E-state index in [2.05, 4.69) is 10.6 Å². The smallest absolute Gasteiger partial charge is 0.416 e. The van der Waals surface area contributed by atoms with Gasteiger partial charge in [0.15, 0.2) is 0 Å². The van der Waals surface area contributed by atoms with Gasteiger partial charge in [0.05, 0.1) is 17.9 Å². The minimum absolute atomic E-state index is 0. The van der Waals surface area contributed by atoms with Crippen molar-refractivity contribution in [3.63, 3.8) is 0 Å². The summed E-state index contributed by atoms with van der Waals surface area (Å²) in [7, 11) is 0. The van der Waals surface area contributed by atoms with Crippen LogP contribution in [0.4, 0.5) is 18.9 Å². The zero-order chi connectivity index (χ0) is 17.6. The molecule has 1 amide bonds. The molecule has 0 bridgehead atoms. The number of nitrogens with one attached hydrogen (secondary N) is 2. The first-order chi connectivity index (χ1) is 11.4. The van der Waals surface area contributed by atoms with Gasteiger partial charge in [0.1, 0.15) is 5.75 Å². The van der Waals surface area contributed by atoms with Crippen LogP contribution < -0.4 is 15.4 Å². The minimum Gasteiger partial charge on any atom is -0.492 e. The van der Waals surface area contributed by atoms with Crippen LogP contribution in [-0.2, 0) is 11.0 Å². The maximum Gasteiger partial charge on any atom is 0.416 e. The van der Waals surface area contributed by atoms with Crippen molar-refractivity contribution < 1.29 is 22.7 Å². The molecule has 0 unspecified atom stereocenters. The van der Waals surface area contributed by atoms with E-state index in [4.69, 9.17) is 4.74 Å². The van der Waals surface area contributed by atoms with E-state index in [9.17, 15) is 18.0 Å². The van der Waals surface area contributed by atoms with Crippen molar-refractivity contribution in [1.82, 2.24) is 5.32 Å². The maximum absolute atomic E-state index is 12.9. The predicted octanol–water partition coefficient (Wildman–Crippen LogP) is 4.24. The van der Waals surface area contributed by atoms with E-state index in [0.717, 1.165) is 44.5 Å². The molecular formula is C17H24ClF3N2O2. The first-order valence-electron chi connectivity index (χ1n) is 8.24. The highest BCUT2D eigenvalue weighted by molar-refractivity contribution is 5.92. The largest absolute Gasteiger partial charge is 0.492 e. The fraction of sp³-hybridized carbons (Fsp3) is 0.588. The lowest BCUT2D eigenvalue weighted by Crippen LogP contribution is -2.28. The number of carbonyl (C=O) groups is 1. The summed E-state index contributed by atoms with van der Waals surface area (Å²) >= 11 is 0. The number of amides is 1. The number of carbonyl (C=O) groups excluding carboxylic acids is 1. The molecule has 0 saturated carbocycles. The number of alkyl halides is 3. The lowest BCUT2D eigenvalue weighted by Gasteiger charge is -2.22. The van der Waals surface area contributed by atoms with Crippen LogP contribution in [0.2, 0.25) is 0 Å². The summed E-state index contributed by atoms with van der Waals surface area (Å²) < 4.78 is 43.9. The number of anilines is 1. The van der Waals surface area contributed by atoms with Gasteiger partial charge in [0.25, 0.3) is 0 Å². The summed E-state index contributed by atoms with van der Waals surface area (Å²) in [6.07, 6.45) is -1.36. The van der Waals surface area contributed by atoms with E-state index in [1.807, 2.05) is 0 Å². The van der Waals surface area contributed by atoms with Crippen molar-refractivity contribution in [2.45, 2.75) is 38.8 Å². The van der Waals surface area contributed by atoms with Gasteiger partial charge < -0.3 is 15.4 Å². The third-order valence-corrected chi connectivity index (χ3v) is 4.12. The Hall–Kier alpha value is -1.47. The quantitative estimate of drug-likeness (QED) is 0.776. The molecule has 1 saturated heterocycles. The fourth-order valence-electron chi connectivity index (χ4n) is 2.80. The van der Waals surface area contributed by atoms with Crippen LogP contribution in [0.1, 0.15) is 38.2 Å². The van der Waals surface area contributed by atoms with E-state index >= 15 is 0 Å². The normalized spacial score (nSPS) is 15.4. The topological polar surface area (TPSA) is 50.4 Å². The summed E-state index contributed by atoms with van der Waals surface area (Å²) in [4.78, 5) is 12.1. The van der Waals surface area contributed by atoms with Crippen LogP contribution in [0.3, 0.4) is 0 Å². The number of benzene rings is 1. The number of ether oxygens (including phenoxy) is 1. The molecule has 2 N–H and O–H groups in total. The Labute approximate surface area is 151 Å². The zero-order valence-electron chi connectivity index (χ0n) is 14.1. The number of halogens is 4. The molecule has 0 radical (unpaired) electrons. The SMILES string of the molecule is CCOc1ccc(C(F)(F)F)cc1NC(=O)CCC1CCNCC1.Cl. The Morgan fingerprint density at radius 1 is 1.32 bits per heavy atom. The van der Waals surface area contributed by atoms with Crippen molar-refractivity contribution >= 4 is 24.0 Å². The lowest BCUT2D eigenvalue weighted by molar-refractivity contribution is -0.137. The van der Waals surface area contributed by atoms with Crippen molar-refractivity contribution in [2.24, 2.45) is 5.92 Å². The van der Waals surface area contributed by atoms with Gasteiger partial charge in [-0.3, -0.25) is 4.79 Å². The molecule has 0 spiro atoms. The molecule has 1 fully saturated rings. The van der Waals surface area contributed by atoms with Gasteiger partial charge in [0.2, 0.25) is 5.91 Å². The standard InChI is InChI=1S/C17H23F3N2O2.ClH/c1-2-24-15-5-4-13(17(18,19)20)11-14(15)22-16(23)6-3-12-7-9-21-10-8-12;/h4-5,11-12,21H,2-3,6-10H2,1H3,(H,22,23);1H. The molecule has 8 heteroatoms. The number of rotatable bonds is 6. The van der Waals surface area contributed by atoms with E-state index < -0.39 is 11.7 Å². The first kappa shape index (κ1) is 21.6. The van der Waals surface area contributed by atoms with Gasteiger partial charge in [-0.2, -0.15) is 13.2 Å². The van der Waals surface area contributed by atoms with Crippen LogP contribution in [-0.4, -0.2) is 25.6 Å². The number of piperidine rings is 1. The summed E-state index contributed by atoms with van der Waals surface area (Å²) in [6.45, 7) is 3.95. The second-order valence-corrected chi connectivity index (χ2v) is 5.92. The van der Waals surface area contributed by atoms with Gasteiger partial charge in [-0.05, 0) is 63.4 Å². The van der Waals surface area contributed by atoms with Crippen molar-refractivity contribution in [2.75, 3.05) is 25.0 Å². The minimum atomic E-state index is -4.46. The summed E-state index contributed by atoms with van der Waals surface area (Å²) in [5.41, 5.74) is -0.735. The maximum atomic E-state index is 12.9. The van der Waals surface area contributed by atoms with Crippen LogP contribution in [0.25, 0.3) is 0 Å². The zero-order valence-corrected chi connectivity index (χ0v) is 14.9. The van der Waals surface area contributed by atoms with E-state index in [0.29, 0.717) is 18.9 Å². The van der Waals surface area contributed by atoms with Crippen LogP contribution in [0.5, 0.6) is 5.75 Å². The lowest BCUT2D eigenvalue weighted by atomic mass is 9.93. The summed E-state index contributed by atoms with van der Waals surface area (Å²) in [6, 6.07) is 3.12. The van der Waals surface area contributed by atoms with Crippen LogP contribution >= 0.6 is 12.4 Å². The Kier molecular flexibility index (Phi) is 8.52. The highest BCUT2D eigenvalue weighted by atomic mass is 35.5. The summed E-state index contributed by atoms with van der Waals surface area (Å²) in [5, 5.41) is 5.83. The monoisotopic (exact) mass is 380 g/mol. The van der Waals surface area contributed by atoms with Crippen molar-refractivity contribution in [3.8, 4) is 5.75 Å². The molecule has 1 aliphatic heterocycles.